The van der Waals surface area contributed by atoms with Gasteiger partial charge in [0.2, 0.25) is 0 Å². The fraction of sp³-hybridized carbons (Fsp3) is 0.353. The van der Waals surface area contributed by atoms with Crippen molar-refractivity contribution >= 4 is 0 Å². The Bertz CT molecular complexity index is 607. The Balaban J connectivity index is 2.02. The molecule has 0 radical (unpaired) electrons. The molecule has 4 N–H and O–H groups in total. The molecule has 1 atom stereocenters. The summed E-state index contributed by atoms with van der Waals surface area (Å²) in [5.74, 6) is 0.400. The maximum atomic E-state index is 5.85. The van der Waals surface area contributed by atoms with E-state index in [0.29, 0.717) is 19.0 Å². The van der Waals surface area contributed by atoms with Crippen molar-refractivity contribution in [2.24, 2.45) is 11.5 Å². The van der Waals surface area contributed by atoms with Crippen LogP contribution >= 0.6 is 0 Å². The van der Waals surface area contributed by atoms with Crippen molar-refractivity contribution in [3.63, 3.8) is 0 Å². The highest BCUT2D eigenvalue weighted by atomic mass is 14.7. The van der Waals surface area contributed by atoms with Gasteiger partial charge < -0.3 is 11.5 Å². The van der Waals surface area contributed by atoms with E-state index < -0.39 is 0 Å². The number of nitrogens with two attached hydrogens (primary N) is 2. The van der Waals surface area contributed by atoms with Gasteiger partial charge >= 0.3 is 0 Å². The van der Waals surface area contributed by atoms with Gasteiger partial charge in [0.25, 0.3) is 0 Å². The Morgan fingerprint density at radius 2 is 1.95 bits per heavy atom. The lowest BCUT2D eigenvalue weighted by Gasteiger charge is -2.25. The van der Waals surface area contributed by atoms with Crippen LogP contribution in [0.2, 0.25) is 0 Å². The molecule has 20 heavy (non-hydrogen) atoms. The summed E-state index contributed by atoms with van der Waals surface area (Å²) < 4.78 is 0. The predicted octanol–water partition coefficient (Wildman–Crippen LogP) is 2.47. The minimum Gasteiger partial charge on any atom is -0.326 e. The molecule has 3 heteroatoms. The number of hydrogen-bond acceptors (Lipinski definition) is 3. The Labute approximate surface area is 120 Å². The molecule has 1 unspecified atom stereocenters. The molecule has 1 aromatic heterocycles. The van der Waals surface area contributed by atoms with Crippen molar-refractivity contribution in [2.75, 3.05) is 0 Å². The van der Waals surface area contributed by atoms with E-state index in [0.717, 1.165) is 24.0 Å². The highest BCUT2D eigenvalue weighted by molar-refractivity contribution is 5.40. The molecule has 1 aliphatic rings. The van der Waals surface area contributed by atoms with Crippen LogP contribution in [-0.2, 0) is 19.5 Å². The van der Waals surface area contributed by atoms with E-state index in [-0.39, 0.29) is 0 Å². The lowest BCUT2D eigenvalue weighted by molar-refractivity contribution is 0.598. The van der Waals surface area contributed by atoms with Gasteiger partial charge in [-0.1, -0.05) is 24.3 Å². The van der Waals surface area contributed by atoms with Crippen LogP contribution in [0, 0.1) is 0 Å². The predicted molar refractivity (Wildman–Crippen MR) is 81.2 cm³/mol. The third kappa shape index (κ3) is 2.35. The van der Waals surface area contributed by atoms with Gasteiger partial charge in [-0.05, 0) is 47.6 Å². The first-order chi connectivity index (χ1) is 9.83. The lowest BCUT2D eigenvalue weighted by Crippen LogP contribution is -2.14. The molecule has 0 aliphatic heterocycles. The van der Waals surface area contributed by atoms with Crippen molar-refractivity contribution in [1.82, 2.24) is 4.98 Å². The molecule has 1 aromatic carbocycles. The number of hydrogen-bond donors (Lipinski definition) is 2. The summed E-state index contributed by atoms with van der Waals surface area (Å²) in [6.07, 6.45) is 5.43. The van der Waals surface area contributed by atoms with Crippen molar-refractivity contribution in [3.8, 4) is 0 Å². The van der Waals surface area contributed by atoms with E-state index >= 15 is 0 Å². The first-order valence-corrected chi connectivity index (χ1v) is 7.29. The molecule has 104 valence electrons. The molecule has 0 fully saturated rings. The van der Waals surface area contributed by atoms with E-state index in [1.54, 1.807) is 0 Å². The first-order valence-electron chi connectivity index (χ1n) is 7.29. The number of aromatic nitrogens is 1. The van der Waals surface area contributed by atoms with Crippen LogP contribution in [0.4, 0.5) is 0 Å². The highest BCUT2D eigenvalue weighted by Crippen LogP contribution is 2.35. The first kappa shape index (κ1) is 13.3. The highest BCUT2D eigenvalue weighted by Gasteiger charge is 2.23. The van der Waals surface area contributed by atoms with E-state index in [2.05, 4.69) is 29.2 Å². The molecule has 3 rings (SSSR count). The van der Waals surface area contributed by atoms with Crippen molar-refractivity contribution in [2.45, 2.75) is 38.3 Å². The Morgan fingerprint density at radius 3 is 2.75 bits per heavy atom. The number of nitrogens with zero attached hydrogens (tertiary/aromatic N) is 1. The number of pyridine rings is 1. The quantitative estimate of drug-likeness (QED) is 0.898. The minimum absolute atomic E-state index is 0.400. The van der Waals surface area contributed by atoms with Gasteiger partial charge in [0.15, 0.2) is 0 Å². The van der Waals surface area contributed by atoms with Crippen LogP contribution in [0.5, 0.6) is 0 Å². The third-order valence-electron chi connectivity index (χ3n) is 4.27. The third-order valence-corrected chi connectivity index (χ3v) is 4.27. The van der Waals surface area contributed by atoms with Crippen molar-refractivity contribution in [1.29, 1.82) is 0 Å². The van der Waals surface area contributed by atoms with Crippen LogP contribution in [0.1, 0.15) is 46.7 Å². The topological polar surface area (TPSA) is 64.9 Å². The zero-order valence-corrected chi connectivity index (χ0v) is 11.7. The molecule has 3 nitrogen and oxygen atoms in total. The lowest BCUT2D eigenvalue weighted by atomic mass is 9.81. The summed E-state index contributed by atoms with van der Waals surface area (Å²) in [5.41, 5.74) is 17.9. The van der Waals surface area contributed by atoms with Gasteiger partial charge in [-0.3, -0.25) is 4.98 Å². The van der Waals surface area contributed by atoms with Crippen molar-refractivity contribution < 1.29 is 0 Å². The molecule has 0 bridgehead atoms. The second kappa shape index (κ2) is 5.73. The average molecular weight is 267 g/mol. The number of rotatable bonds is 3. The molecule has 2 aromatic rings. The maximum absolute atomic E-state index is 5.85. The zero-order valence-electron chi connectivity index (χ0n) is 11.7. The SMILES string of the molecule is NCc1ccc(C2CCCc3cccnc32)cc1CN. The smallest absolute Gasteiger partial charge is 0.0510 e. The van der Waals surface area contributed by atoms with Gasteiger partial charge in [0.1, 0.15) is 0 Å². The molecule has 0 amide bonds. The molecular weight excluding hydrogens is 246 g/mol. The largest absolute Gasteiger partial charge is 0.326 e. The Morgan fingerprint density at radius 1 is 1.10 bits per heavy atom. The van der Waals surface area contributed by atoms with Crippen LogP contribution < -0.4 is 11.5 Å². The van der Waals surface area contributed by atoms with E-state index in [9.17, 15) is 0 Å². The average Bonchev–Trinajstić information content (AvgIpc) is 2.53. The second-order valence-electron chi connectivity index (χ2n) is 5.43. The van der Waals surface area contributed by atoms with E-state index in [4.69, 9.17) is 11.5 Å². The monoisotopic (exact) mass is 267 g/mol. The molecule has 1 heterocycles. The van der Waals surface area contributed by atoms with Gasteiger partial charge in [0, 0.05) is 25.2 Å². The maximum Gasteiger partial charge on any atom is 0.0510 e. The molecule has 0 spiro atoms. The van der Waals surface area contributed by atoms with E-state index in [1.807, 2.05) is 12.3 Å². The van der Waals surface area contributed by atoms with Crippen molar-refractivity contribution in [3.05, 3.63) is 64.5 Å². The Kier molecular flexibility index (Phi) is 3.81. The normalized spacial score (nSPS) is 17.8. The number of benzene rings is 1. The summed E-state index contributed by atoms with van der Waals surface area (Å²) in [4.78, 5) is 4.62. The summed E-state index contributed by atoms with van der Waals surface area (Å²) in [6, 6.07) is 10.8. The fourth-order valence-electron chi connectivity index (χ4n) is 3.19. The standard InChI is InChI=1S/C17H21N3/c18-10-14-7-6-13(9-15(14)11-19)16-5-1-3-12-4-2-8-20-17(12)16/h2,4,6-9,16H,1,3,5,10-11,18-19H2. The molecule has 0 saturated heterocycles. The second-order valence-corrected chi connectivity index (χ2v) is 5.43. The van der Waals surface area contributed by atoms with E-state index in [1.165, 1.54) is 23.2 Å². The summed E-state index contributed by atoms with van der Waals surface area (Å²) in [6.45, 7) is 1.09. The van der Waals surface area contributed by atoms with Gasteiger partial charge in [0.05, 0.1) is 5.69 Å². The van der Waals surface area contributed by atoms with Crippen LogP contribution in [0.25, 0.3) is 0 Å². The Hall–Kier alpha value is -1.71. The zero-order chi connectivity index (χ0) is 13.9. The summed E-state index contributed by atoms with van der Waals surface area (Å²) >= 11 is 0. The number of aryl methyl sites for hydroxylation is 1. The summed E-state index contributed by atoms with van der Waals surface area (Å²) in [7, 11) is 0. The van der Waals surface area contributed by atoms with Gasteiger partial charge in [-0.25, -0.2) is 0 Å². The number of fused-ring (bicyclic) bond motifs is 1. The molecule has 0 saturated carbocycles. The summed E-state index contributed by atoms with van der Waals surface area (Å²) in [5, 5.41) is 0. The van der Waals surface area contributed by atoms with Crippen LogP contribution in [-0.4, -0.2) is 4.98 Å². The van der Waals surface area contributed by atoms with Gasteiger partial charge in [-0.2, -0.15) is 0 Å². The minimum atomic E-state index is 0.400. The molecule has 1 aliphatic carbocycles. The van der Waals surface area contributed by atoms with Gasteiger partial charge in [-0.15, -0.1) is 0 Å². The molecular formula is C17H21N3. The fourth-order valence-corrected chi connectivity index (χ4v) is 3.19. The van der Waals surface area contributed by atoms with Crippen LogP contribution in [0.15, 0.2) is 36.5 Å². The van der Waals surface area contributed by atoms with Crippen LogP contribution in [0.3, 0.4) is 0 Å².